The maximum atomic E-state index is 9.85. The van der Waals surface area contributed by atoms with E-state index in [1.807, 2.05) is 12.1 Å². The van der Waals surface area contributed by atoms with E-state index in [-0.39, 0.29) is 12.0 Å². The lowest BCUT2D eigenvalue weighted by Gasteiger charge is -2.31. The first-order valence-electron chi connectivity index (χ1n) is 6.25. The van der Waals surface area contributed by atoms with Crippen molar-refractivity contribution in [2.45, 2.75) is 38.0 Å². The van der Waals surface area contributed by atoms with Crippen molar-refractivity contribution >= 4 is 15.9 Å². The van der Waals surface area contributed by atoms with Gasteiger partial charge in [-0.25, -0.2) is 0 Å². The third-order valence-electron chi connectivity index (χ3n) is 3.60. The highest BCUT2D eigenvalue weighted by Gasteiger charge is 2.34. The minimum Gasteiger partial charge on any atom is -0.493 e. The number of aliphatic hydroxyl groups excluding tert-OH is 1. The summed E-state index contributed by atoms with van der Waals surface area (Å²) >= 11 is 3.47. The minimum atomic E-state index is -0.110. The maximum Gasteiger partial charge on any atom is 0.124 e. The van der Waals surface area contributed by atoms with Gasteiger partial charge >= 0.3 is 0 Å². The second-order valence-corrected chi connectivity index (χ2v) is 5.70. The van der Waals surface area contributed by atoms with Crippen LogP contribution in [0.1, 0.15) is 38.2 Å². The lowest BCUT2D eigenvalue weighted by atomic mass is 9.74. The Morgan fingerprint density at radius 2 is 2.29 bits per heavy atom. The Morgan fingerprint density at radius 1 is 1.47 bits per heavy atom. The third-order valence-corrected chi connectivity index (χ3v) is 4.10. The van der Waals surface area contributed by atoms with Gasteiger partial charge in [-0.05, 0) is 31.4 Å². The number of fused-ring (bicyclic) bond motifs is 1. The van der Waals surface area contributed by atoms with Gasteiger partial charge in [-0.3, -0.25) is 0 Å². The van der Waals surface area contributed by atoms with Gasteiger partial charge in [-0.2, -0.15) is 0 Å². The van der Waals surface area contributed by atoms with Crippen LogP contribution in [0.3, 0.4) is 0 Å². The summed E-state index contributed by atoms with van der Waals surface area (Å²) in [5.74, 6) is 0.930. The molecule has 0 radical (unpaired) electrons. The second kappa shape index (κ2) is 5.40. The van der Waals surface area contributed by atoms with Crippen molar-refractivity contribution in [2.24, 2.45) is 0 Å². The van der Waals surface area contributed by atoms with Gasteiger partial charge in [-0.1, -0.05) is 35.3 Å². The molecule has 0 aliphatic carbocycles. The fraction of sp³-hybridized carbons (Fsp3) is 0.571. The van der Waals surface area contributed by atoms with Crippen LogP contribution in [0.4, 0.5) is 0 Å². The van der Waals surface area contributed by atoms with Crippen molar-refractivity contribution < 1.29 is 9.84 Å². The highest BCUT2D eigenvalue weighted by Crippen LogP contribution is 2.42. The average molecular weight is 299 g/mol. The maximum absolute atomic E-state index is 9.85. The molecule has 1 aliphatic rings. The molecule has 1 aliphatic heterocycles. The quantitative estimate of drug-likeness (QED) is 0.923. The first-order valence-corrected chi connectivity index (χ1v) is 7.05. The normalized spacial score (nSPS) is 23.7. The van der Waals surface area contributed by atoms with E-state index in [0.717, 1.165) is 42.5 Å². The van der Waals surface area contributed by atoms with Crippen LogP contribution < -0.4 is 4.74 Å². The van der Waals surface area contributed by atoms with Crippen LogP contribution in [0, 0.1) is 0 Å². The first-order chi connectivity index (χ1) is 8.22. The van der Waals surface area contributed by atoms with Gasteiger partial charge in [0.2, 0.25) is 0 Å². The zero-order valence-electron chi connectivity index (χ0n) is 10.2. The number of halogens is 1. The molecule has 17 heavy (non-hydrogen) atoms. The fourth-order valence-electron chi connectivity index (χ4n) is 2.76. The van der Waals surface area contributed by atoms with Crippen molar-refractivity contribution in [1.82, 2.24) is 0 Å². The van der Waals surface area contributed by atoms with Crippen molar-refractivity contribution in [3.8, 4) is 5.75 Å². The summed E-state index contributed by atoms with van der Waals surface area (Å²) < 4.78 is 6.82. The van der Waals surface area contributed by atoms with Gasteiger partial charge in [0.1, 0.15) is 5.75 Å². The number of ether oxygens (including phenoxy) is 1. The average Bonchev–Trinajstić information content (AvgIpc) is 2.50. The van der Waals surface area contributed by atoms with Gasteiger partial charge in [0.15, 0.2) is 0 Å². The largest absolute Gasteiger partial charge is 0.493 e. The zero-order valence-corrected chi connectivity index (χ0v) is 11.8. The van der Waals surface area contributed by atoms with Crippen molar-refractivity contribution in [3.63, 3.8) is 0 Å². The summed E-state index contributed by atoms with van der Waals surface area (Å²) in [5.41, 5.74) is 1.06. The Balaban J connectivity index is 2.48. The standard InChI is InChI=1S/C14H19BrO2/c1-2-6-14(10-16)7-3-8-17-13-9-11(15)4-5-12(13)14/h4-5,9,16H,2-3,6-8,10H2,1H3. The molecule has 1 aromatic carbocycles. The molecule has 0 spiro atoms. The molecule has 0 fully saturated rings. The monoisotopic (exact) mass is 298 g/mol. The molecule has 1 aromatic rings. The number of hydrogen-bond donors (Lipinski definition) is 1. The van der Waals surface area contributed by atoms with E-state index >= 15 is 0 Å². The molecule has 1 unspecified atom stereocenters. The highest BCUT2D eigenvalue weighted by atomic mass is 79.9. The molecule has 0 saturated heterocycles. The van der Waals surface area contributed by atoms with Crippen LogP contribution in [0.5, 0.6) is 5.75 Å². The van der Waals surface area contributed by atoms with Crippen LogP contribution in [0.15, 0.2) is 22.7 Å². The first kappa shape index (κ1) is 12.9. The van der Waals surface area contributed by atoms with E-state index in [0.29, 0.717) is 0 Å². The second-order valence-electron chi connectivity index (χ2n) is 4.78. The number of hydrogen-bond acceptors (Lipinski definition) is 2. The van der Waals surface area contributed by atoms with Crippen molar-refractivity contribution in [3.05, 3.63) is 28.2 Å². The third kappa shape index (κ3) is 2.50. The Labute approximate surface area is 111 Å². The number of benzene rings is 1. The molecule has 3 heteroatoms. The highest BCUT2D eigenvalue weighted by molar-refractivity contribution is 9.10. The van der Waals surface area contributed by atoms with Crippen LogP contribution in [-0.4, -0.2) is 18.3 Å². The van der Waals surface area contributed by atoms with E-state index in [9.17, 15) is 5.11 Å². The molecule has 1 atom stereocenters. The van der Waals surface area contributed by atoms with Gasteiger partial charge in [0, 0.05) is 15.5 Å². The van der Waals surface area contributed by atoms with Gasteiger partial charge in [-0.15, -0.1) is 0 Å². The molecule has 2 rings (SSSR count). The van der Waals surface area contributed by atoms with E-state index in [2.05, 4.69) is 28.9 Å². The summed E-state index contributed by atoms with van der Waals surface area (Å²) in [4.78, 5) is 0. The molecule has 0 bridgehead atoms. The summed E-state index contributed by atoms with van der Waals surface area (Å²) in [6.45, 7) is 3.12. The lowest BCUT2D eigenvalue weighted by Crippen LogP contribution is -2.30. The summed E-state index contributed by atoms with van der Waals surface area (Å²) in [6.07, 6.45) is 4.11. The van der Waals surface area contributed by atoms with Gasteiger partial charge in [0.05, 0.1) is 13.2 Å². The predicted molar refractivity (Wildman–Crippen MR) is 72.5 cm³/mol. The molecular formula is C14H19BrO2. The Bertz CT molecular complexity index is 392. The van der Waals surface area contributed by atoms with E-state index < -0.39 is 0 Å². The molecular weight excluding hydrogens is 280 g/mol. The molecule has 94 valence electrons. The van der Waals surface area contributed by atoms with Crippen LogP contribution >= 0.6 is 15.9 Å². The van der Waals surface area contributed by atoms with E-state index in [1.165, 1.54) is 5.56 Å². The topological polar surface area (TPSA) is 29.5 Å². The van der Waals surface area contributed by atoms with Crippen LogP contribution in [0.2, 0.25) is 0 Å². The molecule has 2 nitrogen and oxygen atoms in total. The van der Waals surface area contributed by atoms with Crippen LogP contribution in [-0.2, 0) is 5.41 Å². The number of rotatable bonds is 3. The van der Waals surface area contributed by atoms with Crippen LogP contribution in [0.25, 0.3) is 0 Å². The Kier molecular flexibility index (Phi) is 4.10. The SMILES string of the molecule is CCCC1(CO)CCCOc2cc(Br)ccc21. The summed E-state index contributed by atoms with van der Waals surface area (Å²) in [5, 5.41) is 9.85. The molecule has 1 N–H and O–H groups in total. The fourth-order valence-corrected chi connectivity index (χ4v) is 3.10. The Hall–Kier alpha value is -0.540. The smallest absolute Gasteiger partial charge is 0.124 e. The predicted octanol–water partition coefficient (Wildman–Crippen LogP) is 3.65. The van der Waals surface area contributed by atoms with Crippen molar-refractivity contribution in [1.29, 1.82) is 0 Å². The minimum absolute atomic E-state index is 0.110. The zero-order chi connectivity index (χ0) is 12.3. The van der Waals surface area contributed by atoms with E-state index in [1.54, 1.807) is 0 Å². The van der Waals surface area contributed by atoms with Gasteiger partial charge < -0.3 is 9.84 Å². The Morgan fingerprint density at radius 3 is 3.00 bits per heavy atom. The molecule has 1 heterocycles. The summed E-state index contributed by atoms with van der Waals surface area (Å²) in [6, 6.07) is 6.14. The molecule has 0 aromatic heterocycles. The van der Waals surface area contributed by atoms with Gasteiger partial charge in [0.25, 0.3) is 0 Å². The lowest BCUT2D eigenvalue weighted by molar-refractivity contribution is 0.172. The molecule has 0 saturated carbocycles. The number of aliphatic hydroxyl groups is 1. The van der Waals surface area contributed by atoms with Crippen molar-refractivity contribution in [2.75, 3.05) is 13.2 Å². The van der Waals surface area contributed by atoms with E-state index in [4.69, 9.17) is 4.74 Å². The summed E-state index contributed by atoms with van der Waals surface area (Å²) in [7, 11) is 0. The molecule has 0 amide bonds.